The normalized spacial score (nSPS) is 10.5. The second-order valence-electron chi connectivity index (χ2n) is 5.28. The number of rotatable bonds is 8. The molecule has 0 unspecified atom stereocenters. The van der Waals surface area contributed by atoms with Crippen LogP contribution in [-0.2, 0) is 11.2 Å². The lowest BCUT2D eigenvalue weighted by atomic mass is 10.1. The highest BCUT2D eigenvalue weighted by molar-refractivity contribution is 6.42. The third-order valence-electron chi connectivity index (χ3n) is 3.48. The Morgan fingerprint density at radius 2 is 1.79 bits per heavy atom. The Hall–Kier alpha value is -1.75. The quantitative estimate of drug-likeness (QED) is 0.689. The molecular formula is C18H20Cl2N2O2. The lowest BCUT2D eigenvalue weighted by Gasteiger charge is -2.08. The predicted molar refractivity (Wildman–Crippen MR) is 99.3 cm³/mol. The molecule has 0 saturated carbocycles. The van der Waals surface area contributed by atoms with Crippen molar-refractivity contribution >= 4 is 34.8 Å². The first-order valence-electron chi connectivity index (χ1n) is 7.67. The smallest absolute Gasteiger partial charge is 0.225 e. The van der Waals surface area contributed by atoms with E-state index in [1.165, 1.54) is 5.56 Å². The van der Waals surface area contributed by atoms with Crippen LogP contribution in [-0.4, -0.2) is 26.1 Å². The van der Waals surface area contributed by atoms with Gasteiger partial charge in [0.15, 0.2) is 0 Å². The van der Waals surface area contributed by atoms with E-state index in [2.05, 4.69) is 10.6 Å². The van der Waals surface area contributed by atoms with Crippen LogP contribution in [0.25, 0.3) is 0 Å². The monoisotopic (exact) mass is 366 g/mol. The molecule has 24 heavy (non-hydrogen) atoms. The molecule has 6 heteroatoms. The number of carbonyl (C=O) groups excluding carboxylic acids is 1. The minimum atomic E-state index is -0.0645. The average molecular weight is 367 g/mol. The molecule has 2 N–H and O–H groups in total. The van der Waals surface area contributed by atoms with Crippen LogP contribution in [0.5, 0.6) is 5.75 Å². The SMILES string of the molecule is COc1ccc(CCNCCC(=O)Nc2ccc(Cl)c(Cl)c2)cc1. The molecule has 0 spiro atoms. The fraction of sp³-hybridized carbons (Fsp3) is 0.278. The molecule has 4 nitrogen and oxygen atoms in total. The summed E-state index contributed by atoms with van der Waals surface area (Å²) in [7, 11) is 1.65. The Balaban J connectivity index is 1.64. The van der Waals surface area contributed by atoms with Crippen LogP contribution in [0.1, 0.15) is 12.0 Å². The summed E-state index contributed by atoms with van der Waals surface area (Å²) in [5.74, 6) is 0.788. The number of benzene rings is 2. The van der Waals surface area contributed by atoms with Crippen molar-refractivity contribution in [2.24, 2.45) is 0 Å². The van der Waals surface area contributed by atoms with E-state index in [9.17, 15) is 4.79 Å². The topological polar surface area (TPSA) is 50.4 Å². The molecule has 2 aromatic rings. The van der Waals surface area contributed by atoms with Gasteiger partial charge in [0.2, 0.25) is 5.91 Å². The van der Waals surface area contributed by atoms with Crippen molar-refractivity contribution in [3.8, 4) is 5.75 Å². The van der Waals surface area contributed by atoms with E-state index < -0.39 is 0 Å². The summed E-state index contributed by atoms with van der Waals surface area (Å²) in [6, 6.07) is 13.0. The number of carbonyl (C=O) groups is 1. The number of hydrogen-bond donors (Lipinski definition) is 2. The summed E-state index contributed by atoms with van der Waals surface area (Å²) in [5, 5.41) is 6.95. The average Bonchev–Trinajstić information content (AvgIpc) is 2.58. The Morgan fingerprint density at radius 3 is 2.46 bits per heavy atom. The van der Waals surface area contributed by atoms with E-state index in [-0.39, 0.29) is 5.91 Å². The van der Waals surface area contributed by atoms with E-state index in [0.29, 0.717) is 28.7 Å². The third kappa shape index (κ3) is 6.04. The number of halogens is 2. The summed E-state index contributed by atoms with van der Waals surface area (Å²) >= 11 is 11.8. The van der Waals surface area contributed by atoms with Crippen LogP contribution in [0, 0.1) is 0 Å². The molecule has 128 valence electrons. The van der Waals surface area contributed by atoms with Crippen LogP contribution in [0.2, 0.25) is 10.0 Å². The van der Waals surface area contributed by atoms with Gasteiger partial charge in [0.25, 0.3) is 0 Å². The zero-order valence-electron chi connectivity index (χ0n) is 13.4. The molecule has 0 aliphatic heterocycles. The molecule has 0 fully saturated rings. The summed E-state index contributed by atoms with van der Waals surface area (Å²) < 4.78 is 5.13. The lowest BCUT2D eigenvalue weighted by molar-refractivity contribution is -0.116. The van der Waals surface area contributed by atoms with Crippen LogP contribution in [0.15, 0.2) is 42.5 Å². The maximum Gasteiger partial charge on any atom is 0.225 e. The van der Waals surface area contributed by atoms with Gasteiger partial charge in [-0.1, -0.05) is 35.3 Å². The van der Waals surface area contributed by atoms with Gasteiger partial charge in [-0.25, -0.2) is 0 Å². The minimum Gasteiger partial charge on any atom is -0.497 e. The van der Waals surface area contributed by atoms with Gasteiger partial charge in [-0.15, -0.1) is 0 Å². The Labute approximate surface area is 152 Å². The lowest BCUT2D eigenvalue weighted by Crippen LogP contribution is -2.23. The van der Waals surface area contributed by atoms with Crippen LogP contribution >= 0.6 is 23.2 Å². The molecule has 0 aliphatic rings. The number of amides is 1. The molecule has 0 heterocycles. The molecular weight excluding hydrogens is 347 g/mol. The molecule has 0 saturated heterocycles. The van der Waals surface area contributed by atoms with Gasteiger partial charge in [0, 0.05) is 18.7 Å². The van der Waals surface area contributed by atoms with Gasteiger partial charge in [0.05, 0.1) is 17.2 Å². The summed E-state index contributed by atoms with van der Waals surface area (Å²) in [5.41, 5.74) is 1.87. The standard InChI is InChI=1S/C18H20Cl2N2O2/c1-24-15-5-2-13(3-6-15)8-10-21-11-9-18(23)22-14-4-7-16(19)17(20)12-14/h2-7,12,21H,8-11H2,1H3,(H,22,23). The first kappa shape index (κ1) is 18.6. The van der Waals surface area contributed by atoms with E-state index in [4.69, 9.17) is 27.9 Å². The zero-order chi connectivity index (χ0) is 17.4. The highest BCUT2D eigenvalue weighted by Gasteiger charge is 2.04. The first-order valence-corrected chi connectivity index (χ1v) is 8.42. The number of anilines is 1. The van der Waals surface area contributed by atoms with Gasteiger partial charge in [-0.3, -0.25) is 4.79 Å². The number of nitrogens with one attached hydrogen (secondary N) is 2. The molecule has 2 aromatic carbocycles. The van der Waals surface area contributed by atoms with Crippen LogP contribution in [0.3, 0.4) is 0 Å². The zero-order valence-corrected chi connectivity index (χ0v) is 15.0. The summed E-state index contributed by atoms with van der Waals surface area (Å²) in [4.78, 5) is 11.9. The maximum absolute atomic E-state index is 11.9. The molecule has 2 rings (SSSR count). The Bertz CT molecular complexity index is 675. The minimum absolute atomic E-state index is 0.0645. The highest BCUT2D eigenvalue weighted by atomic mass is 35.5. The van der Waals surface area contributed by atoms with Crippen molar-refractivity contribution in [3.05, 3.63) is 58.1 Å². The second-order valence-corrected chi connectivity index (χ2v) is 6.09. The van der Waals surface area contributed by atoms with Crippen molar-refractivity contribution in [2.45, 2.75) is 12.8 Å². The largest absolute Gasteiger partial charge is 0.497 e. The molecule has 0 aliphatic carbocycles. The fourth-order valence-electron chi connectivity index (χ4n) is 2.15. The molecule has 0 aromatic heterocycles. The van der Waals surface area contributed by atoms with Crippen molar-refractivity contribution in [3.63, 3.8) is 0 Å². The van der Waals surface area contributed by atoms with Gasteiger partial charge in [-0.2, -0.15) is 0 Å². The fourth-order valence-corrected chi connectivity index (χ4v) is 2.45. The van der Waals surface area contributed by atoms with E-state index >= 15 is 0 Å². The number of ether oxygens (including phenoxy) is 1. The number of hydrogen-bond acceptors (Lipinski definition) is 3. The second kappa shape index (κ2) is 9.52. The first-order chi connectivity index (χ1) is 11.6. The van der Waals surface area contributed by atoms with E-state index in [0.717, 1.165) is 18.7 Å². The summed E-state index contributed by atoms with van der Waals surface area (Å²) in [6.07, 6.45) is 1.29. The van der Waals surface area contributed by atoms with Crippen molar-refractivity contribution in [2.75, 3.05) is 25.5 Å². The molecule has 0 atom stereocenters. The predicted octanol–water partition coefficient (Wildman–Crippen LogP) is 4.16. The summed E-state index contributed by atoms with van der Waals surface area (Å²) in [6.45, 7) is 1.43. The Kier molecular flexibility index (Phi) is 7.37. The van der Waals surface area contributed by atoms with Crippen LogP contribution < -0.4 is 15.4 Å². The Morgan fingerprint density at radius 1 is 1.04 bits per heavy atom. The van der Waals surface area contributed by atoms with E-state index in [1.807, 2.05) is 24.3 Å². The van der Waals surface area contributed by atoms with Gasteiger partial charge in [-0.05, 0) is 48.9 Å². The highest BCUT2D eigenvalue weighted by Crippen LogP contribution is 2.24. The molecule has 0 radical (unpaired) electrons. The third-order valence-corrected chi connectivity index (χ3v) is 4.22. The van der Waals surface area contributed by atoms with E-state index in [1.54, 1.807) is 25.3 Å². The van der Waals surface area contributed by atoms with Crippen LogP contribution in [0.4, 0.5) is 5.69 Å². The van der Waals surface area contributed by atoms with Gasteiger partial charge in [0.1, 0.15) is 5.75 Å². The maximum atomic E-state index is 11.9. The van der Waals surface area contributed by atoms with Crippen molar-refractivity contribution in [1.82, 2.24) is 5.32 Å². The van der Waals surface area contributed by atoms with Gasteiger partial charge < -0.3 is 15.4 Å². The van der Waals surface area contributed by atoms with Crippen molar-refractivity contribution < 1.29 is 9.53 Å². The van der Waals surface area contributed by atoms with Crippen molar-refractivity contribution in [1.29, 1.82) is 0 Å². The molecule has 0 bridgehead atoms. The van der Waals surface area contributed by atoms with Gasteiger partial charge >= 0.3 is 0 Å². The number of methoxy groups -OCH3 is 1. The molecule has 1 amide bonds.